The second kappa shape index (κ2) is 5.14. The predicted octanol–water partition coefficient (Wildman–Crippen LogP) is 1.32. The van der Waals surface area contributed by atoms with E-state index in [1.165, 1.54) is 12.0 Å². The lowest BCUT2D eigenvalue weighted by Gasteiger charge is -2.16. The zero-order chi connectivity index (χ0) is 10.5. The third kappa shape index (κ3) is 2.70. The van der Waals surface area contributed by atoms with Crippen LogP contribution in [0.5, 0.6) is 5.75 Å². The smallest absolute Gasteiger partial charge is 0.119 e. The molecule has 0 aromatic heterocycles. The Morgan fingerprint density at radius 3 is 3.13 bits per heavy atom. The molecule has 1 atom stereocenters. The van der Waals surface area contributed by atoms with Crippen LogP contribution in [0, 0.1) is 0 Å². The minimum atomic E-state index is 0.405. The Balaban J connectivity index is 2.12. The summed E-state index contributed by atoms with van der Waals surface area (Å²) in [6.07, 6.45) is 1.19. The first-order valence-corrected chi connectivity index (χ1v) is 5.48. The molecule has 1 aromatic rings. The molecular weight excluding hydrogens is 188 g/mol. The molecule has 1 heterocycles. The highest BCUT2D eigenvalue weighted by Crippen LogP contribution is 2.19. The largest absolute Gasteiger partial charge is 0.497 e. The van der Waals surface area contributed by atoms with Crippen LogP contribution in [0.4, 0.5) is 0 Å². The van der Waals surface area contributed by atoms with Crippen LogP contribution in [0.15, 0.2) is 24.3 Å². The summed E-state index contributed by atoms with van der Waals surface area (Å²) in [4.78, 5) is 0. The van der Waals surface area contributed by atoms with E-state index in [9.17, 15) is 0 Å². The Bertz CT molecular complexity index is 306. The number of hydrogen-bond acceptors (Lipinski definition) is 3. The standard InChI is InChI=1S/C12H18N2O/c1-15-11-5-2-4-10(8-11)12-9-13-6-3-7-14-12/h2,4-5,8,12-14H,3,6-7,9H2,1H3/t12-/m1/s1. The second-order valence-electron chi connectivity index (χ2n) is 3.84. The normalized spacial score (nSPS) is 22.1. The maximum Gasteiger partial charge on any atom is 0.119 e. The van der Waals surface area contributed by atoms with E-state index in [1.54, 1.807) is 7.11 Å². The summed E-state index contributed by atoms with van der Waals surface area (Å²) in [6.45, 7) is 3.18. The van der Waals surface area contributed by atoms with Gasteiger partial charge in [-0.1, -0.05) is 12.1 Å². The minimum absolute atomic E-state index is 0.405. The van der Waals surface area contributed by atoms with Gasteiger partial charge < -0.3 is 15.4 Å². The van der Waals surface area contributed by atoms with E-state index in [0.29, 0.717) is 6.04 Å². The number of nitrogens with one attached hydrogen (secondary N) is 2. The highest BCUT2D eigenvalue weighted by atomic mass is 16.5. The molecule has 1 aliphatic rings. The average Bonchev–Trinajstić information content (AvgIpc) is 2.58. The van der Waals surface area contributed by atoms with Crippen molar-refractivity contribution in [3.8, 4) is 5.75 Å². The highest BCUT2D eigenvalue weighted by molar-refractivity contribution is 5.30. The Kier molecular flexibility index (Phi) is 3.59. The van der Waals surface area contributed by atoms with E-state index in [-0.39, 0.29) is 0 Å². The van der Waals surface area contributed by atoms with Gasteiger partial charge in [-0.2, -0.15) is 0 Å². The number of methoxy groups -OCH3 is 1. The highest BCUT2D eigenvalue weighted by Gasteiger charge is 2.13. The fourth-order valence-electron chi connectivity index (χ4n) is 1.90. The molecule has 1 saturated heterocycles. The van der Waals surface area contributed by atoms with Gasteiger partial charge in [0.05, 0.1) is 7.11 Å². The minimum Gasteiger partial charge on any atom is -0.497 e. The maximum absolute atomic E-state index is 5.23. The van der Waals surface area contributed by atoms with Crippen LogP contribution < -0.4 is 15.4 Å². The molecule has 82 valence electrons. The molecule has 0 saturated carbocycles. The average molecular weight is 206 g/mol. The van der Waals surface area contributed by atoms with Gasteiger partial charge in [0.2, 0.25) is 0 Å². The fourth-order valence-corrected chi connectivity index (χ4v) is 1.90. The molecule has 3 heteroatoms. The lowest BCUT2D eigenvalue weighted by atomic mass is 10.1. The molecule has 2 N–H and O–H groups in total. The first kappa shape index (κ1) is 10.5. The van der Waals surface area contributed by atoms with Gasteiger partial charge in [0.15, 0.2) is 0 Å². The summed E-state index contributed by atoms with van der Waals surface area (Å²) in [5.41, 5.74) is 1.30. The van der Waals surface area contributed by atoms with Crippen LogP contribution in [0.1, 0.15) is 18.0 Å². The molecule has 0 aliphatic carbocycles. The topological polar surface area (TPSA) is 33.3 Å². The van der Waals surface area contributed by atoms with Crippen molar-refractivity contribution in [2.24, 2.45) is 0 Å². The van der Waals surface area contributed by atoms with Gasteiger partial charge in [-0.3, -0.25) is 0 Å². The van der Waals surface area contributed by atoms with E-state index >= 15 is 0 Å². The molecule has 0 bridgehead atoms. The van der Waals surface area contributed by atoms with Gasteiger partial charge in [-0.25, -0.2) is 0 Å². The molecule has 1 aromatic carbocycles. The van der Waals surface area contributed by atoms with E-state index in [0.717, 1.165) is 25.4 Å². The van der Waals surface area contributed by atoms with Crippen molar-refractivity contribution in [1.82, 2.24) is 10.6 Å². The third-order valence-electron chi connectivity index (χ3n) is 2.77. The van der Waals surface area contributed by atoms with Crippen molar-refractivity contribution < 1.29 is 4.74 Å². The molecule has 0 spiro atoms. The van der Waals surface area contributed by atoms with Crippen LogP contribution in [0.3, 0.4) is 0 Å². The van der Waals surface area contributed by atoms with Gasteiger partial charge in [0.1, 0.15) is 5.75 Å². The molecule has 3 nitrogen and oxygen atoms in total. The van der Waals surface area contributed by atoms with Crippen LogP contribution in [-0.4, -0.2) is 26.7 Å². The lowest BCUT2D eigenvalue weighted by Crippen LogP contribution is -2.27. The van der Waals surface area contributed by atoms with Crippen LogP contribution in [0.2, 0.25) is 0 Å². The van der Waals surface area contributed by atoms with Gasteiger partial charge >= 0.3 is 0 Å². The number of ether oxygens (including phenoxy) is 1. The summed E-state index contributed by atoms with van der Waals surface area (Å²) >= 11 is 0. The van der Waals surface area contributed by atoms with Crippen molar-refractivity contribution in [3.63, 3.8) is 0 Å². The molecular formula is C12H18N2O. The maximum atomic E-state index is 5.23. The van der Waals surface area contributed by atoms with E-state index in [4.69, 9.17) is 4.74 Å². The summed E-state index contributed by atoms with van der Waals surface area (Å²) in [5.74, 6) is 0.929. The van der Waals surface area contributed by atoms with Crippen LogP contribution in [0.25, 0.3) is 0 Å². The monoisotopic (exact) mass is 206 g/mol. The summed E-state index contributed by atoms with van der Waals surface area (Å²) in [5, 5.41) is 6.96. The zero-order valence-corrected chi connectivity index (χ0v) is 9.12. The molecule has 15 heavy (non-hydrogen) atoms. The number of benzene rings is 1. The molecule has 1 aliphatic heterocycles. The Labute approximate surface area is 90.8 Å². The third-order valence-corrected chi connectivity index (χ3v) is 2.77. The van der Waals surface area contributed by atoms with Crippen molar-refractivity contribution in [2.45, 2.75) is 12.5 Å². The first-order chi connectivity index (χ1) is 7.40. The quantitative estimate of drug-likeness (QED) is 0.765. The Morgan fingerprint density at radius 2 is 2.27 bits per heavy atom. The van der Waals surface area contributed by atoms with Crippen molar-refractivity contribution in [1.29, 1.82) is 0 Å². The molecule has 2 rings (SSSR count). The van der Waals surface area contributed by atoms with E-state index in [1.807, 2.05) is 12.1 Å². The number of hydrogen-bond donors (Lipinski definition) is 2. The summed E-state index contributed by atoms with van der Waals surface area (Å²) < 4.78 is 5.23. The van der Waals surface area contributed by atoms with Gasteiger partial charge in [0.25, 0.3) is 0 Å². The Hall–Kier alpha value is -1.06. The van der Waals surface area contributed by atoms with Crippen molar-refractivity contribution in [2.75, 3.05) is 26.7 Å². The van der Waals surface area contributed by atoms with Gasteiger partial charge in [-0.05, 0) is 37.2 Å². The summed E-state index contributed by atoms with van der Waals surface area (Å²) in [7, 11) is 1.71. The van der Waals surface area contributed by atoms with Crippen LogP contribution in [-0.2, 0) is 0 Å². The molecule has 1 fully saturated rings. The Morgan fingerprint density at radius 1 is 1.33 bits per heavy atom. The lowest BCUT2D eigenvalue weighted by molar-refractivity contribution is 0.413. The zero-order valence-electron chi connectivity index (χ0n) is 9.12. The first-order valence-electron chi connectivity index (χ1n) is 5.48. The fraction of sp³-hybridized carbons (Fsp3) is 0.500. The van der Waals surface area contributed by atoms with Crippen molar-refractivity contribution >= 4 is 0 Å². The van der Waals surface area contributed by atoms with Crippen molar-refractivity contribution in [3.05, 3.63) is 29.8 Å². The number of rotatable bonds is 2. The van der Waals surface area contributed by atoms with E-state index in [2.05, 4.69) is 22.8 Å². The molecule has 0 radical (unpaired) electrons. The summed E-state index contributed by atoms with van der Waals surface area (Å²) in [6, 6.07) is 8.68. The van der Waals surface area contributed by atoms with Crippen LogP contribution >= 0.6 is 0 Å². The molecule has 0 amide bonds. The SMILES string of the molecule is COc1cccc([C@H]2CNCCCN2)c1. The van der Waals surface area contributed by atoms with Gasteiger partial charge in [-0.15, -0.1) is 0 Å². The van der Waals surface area contributed by atoms with Gasteiger partial charge in [0, 0.05) is 12.6 Å². The second-order valence-corrected chi connectivity index (χ2v) is 3.84. The molecule has 0 unspecified atom stereocenters. The van der Waals surface area contributed by atoms with E-state index < -0.39 is 0 Å². The predicted molar refractivity (Wildman–Crippen MR) is 61.2 cm³/mol.